The van der Waals surface area contributed by atoms with Crippen LogP contribution in [-0.2, 0) is 14.4 Å². The topological polar surface area (TPSA) is 86.7 Å². The van der Waals surface area contributed by atoms with Crippen molar-refractivity contribution in [3.05, 3.63) is 22.4 Å². The van der Waals surface area contributed by atoms with Crippen LogP contribution in [0.15, 0.2) is 17.5 Å². The summed E-state index contributed by atoms with van der Waals surface area (Å²) in [6.07, 6.45) is 1.86. The standard InChI is InChI=1S/C16H22N2O4S/c1-11(19)17-13(14-3-2-8-23-14)10-15(20)18-6-4-12(5-7-18)9-16(21)22/h2-3,8,12-13H,4-7,9-10H2,1H3,(H,17,19)(H,21,22). The van der Waals surface area contributed by atoms with Gasteiger partial charge in [0.05, 0.1) is 12.5 Å². The van der Waals surface area contributed by atoms with Crippen molar-refractivity contribution in [3.8, 4) is 0 Å². The number of nitrogens with zero attached hydrogens (tertiary/aromatic N) is 1. The summed E-state index contributed by atoms with van der Waals surface area (Å²) in [5.74, 6) is -0.777. The normalized spacial score (nSPS) is 16.8. The van der Waals surface area contributed by atoms with Crippen molar-refractivity contribution in [2.75, 3.05) is 13.1 Å². The van der Waals surface area contributed by atoms with Gasteiger partial charge in [-0.05, 0) is 30.2 Å². The first-order chi connectivity index (χ1) is 11.0. The number of amides is 2. The van der Waals surface area contributed by atoms with E-state index in [1.54, 1.807) is 4.90 Å². The maximum absolute atomic E-state index is 12.5. The van der Waals surface area contributed by atoms with E-state index in [2.05, 4.69) is 5.32 Å². The molecule has 2 heterocycles. The number of thiophene rings is 1. The Morgan fingerprint density at radius 2 is 2.09 bits per heavy atom. The number of carboxylic acid groups (broad SMARTS) is 1. The lowest BCUT2D eigenvalue weighted by Crippen LogP contribution is -2.41. The second kappa shape index (κ2) is 8.10. The average Bonchev–Trinajstić information content (AvgIpc) is 3.00. The van der Waals surface area contributed by atoms with E-state index in [-0.39, 0.29) is 36.6 Å². The Bertz CT molecular complexity index is 550. The lowest BCUT2D eigenvalue weighted by Gasteiger charge is -2.32. The van der Waals surface area contributed by atoms with Crippen molar-refractivity contribution in [1.29, 1.82) is 0 Å². The van der Waals surface area contributed by atoms with Crippen LogP contribution in [0.5, 0.6) is 0 Å². The number of piperidine rings is 1. The minimum atomic E-state index is -0.779. The van der Waals surface area contributed by atoms with Crippen molar-refractivity contribution in [1.82, 2.24) is 10.2 Å². The number of carbonyl (C=O) groups is 3. The first-order valence-electron chi connectivity index (χ1n) is 7.75. The monoisotopic (exact) mass is 338 g/mol. The molecule has 0 radical (unpaired) electrons. The molecule has 0 aliphatic carbocycles. The highest BCUT2D eigenvalue weighted by Crippen LogP contribution is 2.25. The number of carbonyl (C=O) groups excluding carboxylic acids is 2. The van der Waals surface area contributed by atoms with Gasteiger partial charge in [0.2, 0.25) is 11.8 Å². The Kier molecular flexibility index (Phi) is 6.15. The summed E-state index contributed by atoms with van der Waals surface area (Å²) in [5, 5.41) is 13.6. The SMILES string of the molecule is CC(=O)NC(CC(=O)N1CCC(CC(=O)O)CC1)c1cccs1. The van der Waals surface area contributed by atoms with E-state index in [0.717, 1.165) is 17.7 Å². The molecule has 126 valence electrons. The summed E-state index contributed by atoms with van der Waals surface area (Å²) >= 11 is 1.52. The lowest BCUT2D eigenvalue weighted by atomic mass is 9.93. The van der Waals surface area contributed by atoms with Crippen molar-refractivity contribution in [3.63, 3.8) is 0 Å². The molecule has 1 aromatic heterocycles. The third kappa shape index (κ3) is 5.35. The Morgan fingerprint density at radius 3 is 2.61 bits per heavy atom. The molecule has 7 heteroatoms. The minimum absolute atomic E-state index is 0.00549. The van der Waals surface area contributed by atoms with Crippen LogP contribution in [-0.4, -0.2) is 40.9 Å². The molecule has 1 unspecified atom stereocenters. The summed E-state index contributed by atoms with van der Waals surface area (Å²) in [4.78, 5) is 37.3. The van der Waals surface area contributed by atoms with E-state index in [9.17, 15) is 14.4 Å². The van der Waals surface area contributed by atoms with E-state index in [1.165, 1.54) is 18.3 Å². The van der Waals surface area contributed by atoms with Gasteiger partial charge in [-0.3, -0.25) is 14.4 Å². The second-order valence-electron chi connectivity index (χ2n) is 5.89. The molecule has 0 bridgehead atoms. The van der Waals surface area contributed by atoms with E-state index in [1.807, 2.05) is 17.5 Å². The Morgan fingerprint density at radius 1 is 1.39 bits per heavy atom. The molecule has 0 spiro atoms. The van der Waals surface area contributed by atoms with Crippen LogP contribution in [0.3, 0.4) is 0 Å². The molecule has 1 aliphatic rings. The summed E-state index contributed by atoms with van der Waals surface area (Å²) in [6, 6.07) is 3.52. The van der Waals surface area contributed by atoms with Gasteiger partial charge < -0.3 is 15.3 Å². The van der Waals surface area contributed by atoms with Gasteiger partial charge in [-0.25, -0.2) is 0 Å². The second-order valence-corrected chi connectivity index (χ2v) is 6.87. The first-order valence-corrected chi connectivity index (χ1v) is 8.63. The van der Waals surface area contributed by atoms with E-state index < -0.39 is 5.97 Å². The van der Waals surface area contributed by atoms with Crippen molar-refractivity contribution in [2.45, 2.75) is 38.6 Å². The van der Waals surface area contributed by atoms with Crippen LogP contribution in [0.25, 0.3) is 0 Å². The Balaban J connectivity index is 1.89. The number of hydrogen-bond acceptors (Lipinski definition) is 4. The summed E-state index contributed by atoms with van der Waals surface area (Å²) in [5.41, 5.74) is 0. The lowest BCUT2D eigenvalue weighted by molar-refractivity contribution is -0.138. The minimum Gasteiger partial charge on any atom is -0.481 e. The third-order valence-corrected chi connectivity index (χ3v) is 5.06. The number of hydrogen-bond donors (Lipinski definition) is 2. The number of carboxylic acids is 1. The zero-order valence-electron chi connectivity index (χ0n) is 13.2. The Labute approximate surface area is 139 Å². The maximum atomic E-state index is 12.5. The molecule has 1 aromatic rings. The predicted molar refractivity (Wildman–Crippen MR) is 87.1 cm³/mol. The molecular weight excluding hydrogens is 316 g/mol. The zero-order chi connectivity index (χ0) is 16.8. The highest BCUT2D eigenvalue weighted by molar-refractivity contribution is 7.10. The van der Waals surface area contributed by atoms with Gasteiger partial charge in [0.15, 0.2) is 0 Å². The number of rotatable bonds is 6. The van der Waals surface area contributed by atoms with Crippen LogP contribution in [0.2, 0.25) is 0 Å². The number of nitrogens with one attached hydrogen (secondary N) is 1. The van der Waals surface area contributed by atoms with E-state index >= 15 is 0 Å². The van der Waals surface area contributed by atoms with Crippen molar-refractivity contribution < 1.29 is 19.5 Å². The van der Waals surface area contributed by atoms with E-state index in [4.69, 9.17) is 5.11 Å². The van der Waals surface area contributed by atoms with Gasteiger partial charge in [-0.1, -0.05) is 6.07 Å². The molecule has 1 aliphatic heterocycles. The predicted octanol–water partition coefficient (Wildman–Crippen LogP) is 2.03. The van der Waals surface area contributed by atoms with Gasteiger partial charge in [-0.2, -0.15) is 0 Å². The highest BCUT2D eigenvalue weighted by Gasteiger charge is 2.26. The summed E-state index contributed by atoms with van der Waals surface area (Å²) in [6.45, 7) is 2.63. The molecule has 0 saturated carbocycles. The van der Waals surface area contributed by atoms with Gasteiger partial charge in [0.25, 0.3) is 0 Å². The fourth-order valence-electron chi connectivity index (χ4n) is 2.89. The molecule has 23 heavy (non-hydrogen) atoms. The molecular formula is C16H22N2O4S. The van der Waals surface area contributed by atoms with Crippen molar-refractivity contribution >= 4 is 29.1 Å². The van der Waals surface area contributed by atoms with Gasteiger partial charge in [-0.15, -0.1) is 11.3 Å². The highest BCUT2D eigenvalue weighted by atomic mass is 32.1. The molecule has 0 aromatic carbocycles. The molecule has 2 N–H and O–H groups in total. The van der Waals surface area contributed by atoms with Crippen LogP contribution in [0.4, 0.5) is 0 Å². The average molecular weight is 338 g/mol. The molecule has 1 atom stereocenters. The molecule has 2 rings (SSSR count). The molecule has 6 nitrogen and oxygen atoms in total. The fourth-order valence-corrected chi connectivity index (χ4v) is 3.67. The van der Waals surface area contributed by atoms with E-state index in [0.29, 0.717) is 13.1 Å². The summed E-state index contributed by atoms with van der Waals surface area (Å²) < 4.78 is 0. The maximum Gasteiger partial charge on any atom is 0.303 e. The quantitative estimate of drug-likeness (QED) is 0.831. The van der Waals surface area contributed by atoms with Crippen LogP contribution in [0.1, 0.15) is 43.5 Å². The largest absolute Gasteiger partial charge is 0.481 e. The Hall–Kier alpha value is -1.89. The first kappa shape index (κ1) is 17.5. The summed E-state index contributed by atoms with van der Waals surface area (Å²) in [7, 11) is 0. The van der Waals surface area contributed by atoms with Crippen LogP contribution in [0, 0.1) is 5.92 Å². The number of aliphatic carboxylic acids is 1. The smallest absolute Gasteiger partial charge is 0.303 e. The molecule has 1 saturated heterocycles. The third-order valence-electron chi connectivity index (χ3n) is 4.07. The van der Waals surface area contributed by atoms with Crippen LogP contribution >= 0.6 is 11.3 Å². The van der Waals surface area contributed by atoms with Crippen molar-refractivity contribution in [2.24, 2.45) is 5.92 Å². The number of likely N-dealkylation sites (tertiary alicyclic amines) is 1. The molecule has 1 fully saturated rings. The van der Waals surface area contributed by atoms with Gasteiger partial charge in [0, 0.05) is 31.3 Å². The molecule has 2 amide bonds. The fraction of sp³-hybridized carbons (Fsp3) is 0.562. The zero-order valence-corrected chi connectivity index (χ0v) is 14.0. The van der Waals surface area contributed by atoms with Gasteiger partial charge >= 0.3 is 5.97 Å². The van der Waals surface area contributed by atoms with Crippen LogP contribution < -0.4 is 5.32 Å². The van der Waals surface area contributed by atoms with Gasteiger partial charge in [0.1, 0.15) is 0 Å².